The molecule has 3 nitrogen and oxygen atoms in total. The average molecular weight is 309 g/mol. The molecule has 0 aliphatic heterocycles. The predicted octanol–water partition coefficient (Wildman–Crippen LogP) is 3.72. The predicted molar refractivity (Wildman–Crippen MR) is 90.0 cm³/mol. The van der Waals surface area contributed by atoms with Gasteiger partial charge in [-0.25, -0.2) is 0 Å². The molecular formula is C17H27NO2S. The minimum Gasteiger partial charge on any atom is -0.465 e. The molecule has 1 N–H and O–H groups in total. The van der Waals surface area contributed by atoms with E-state index in [9.17, 15) is 4.79 Å². The molecule has 0 aliphatic rings. The molecule has 21 heavy (non-hydrogen) atoms. The average Bonchev–Trinajstić information content (AvgIpc) is 2.44. The molecule has 0 radical (unpaired) electrons. The van der Waals surface area contributed by atoms with Gasteiger partial charge in [-0.15, -0.1) is 11.8 Å². The second-order valence-electron chi connectivity index (χ2n) is 5.16. The number of carbonyl (C=O) groups excluding carboxylic acids is 1. The Morgan fingerprint density at radius 1 is 1.33 bits per heavy atom. The highest BCUT2D eigenvalue weighted by Crippen LogP contribution is 2.24. The second kappa shape index (κ2) is 9.85. The molecule has 0 bridgehead atoms. The first-order chi connectivity index (χ1) is 10.1. The summed E-state index contributed by atoms with van der Waals surface area (Å²) in [5.41, 5.74) is 2.58. The van der Waals surface area contributed by atoms with Crippen molar-refractivity contribution in [3.8, 4) is 0 Å². The van der Waals surface area contributed by atoms with Crippen molar-refractivity contribution in [3.63, 3.8) is 0 Å². The molecule has 0 spiro atoms. The van der Waals surface area contributed by atoms with Crippen LogP contribution >= 0.6 is 11.8 Å². The largest absolute Gasteiger partial charge is 0.465 e. The van der Waals surface area contributed by atoms with Crippen LogP contribution in [0.2, 0.25) is 0 Å². The Kier molecular flexibility index (Phi) is 8.47. The van der Waals surface area contributed by atoms with E-state index in [-0.39, 0.29) is 12.0 Å². The molecule has 4 heteroatoms. The zero-order chi connectivity index (χ0) is 15.7. The molecule has 0 saturated heterocycles. The van der Waals surface area contributed by atoms with Crippen molar-refractivity contribution in [3.05, 3.63) is 29.3 Å². The summed E-state index contributed by atoms with van der Waals surface area (Å²) in [6, 6.07) is 6.30. The number of carbonyl (C=O) groups is 1. The third kappa shape index (κ3) is 6.53. The van der Waals surface area contributed by atoms with Crippen LogP contribution in [0.5, 0.6) is 0 Å². The summed E-state index contributed by atoms with van der Waals surface area (Å²) in [6.45, 7) is 9.46. The van der Waals surface area contributed by atoms with E-state index >= 15 is 0 Å². The molecule has 1 aromatic rings. The zero-order valence-corrected chi connectivity index (χ0v) is 14.4. The Morgan fingerprint density at radius 2 is 2.10 bits per heavy atom. The van der Waals surface area contributed by atoms with Gasteiger partial charge in [0.15, 0.2) is 0 Å². The van der Waals surface area contributed by atoms with Gasteiger partial charge in [-0.1, -0.05) is 24.6 Å². The fourth-order valence-corrected chi connectivity index (χ4v) is 3.14. The third-order valence-electron chi connectivity index (χ3n) is 3.21. The van der Waals surface area contributed by atoms with Crippen molar-refractivity contribution in [2.75, 3.05) is 18.9 Å². The van der Waals surface area contributed by atoms with Crippen LogP contribution in [-0.2, 0) is 9.53 Å². The highest BCUT2D eigenvalue weighted by molar-refractivity contribution is 7.99. The first-order valence-electron chi connectivity index (χ1n) is 7.68. The lowest BCUT2D eigenvalue weighted by atomic mass is 10.2. The first kappa shape index (κ1) is 18.1. The number of aryl methyl sites for hydroxylation is 2. The van der Waals surface area contributed by atoms with Gasteiger partial charge in [0.25, 0.3) is 0 Å². The van der Waals surface area contributed by atoms with Crippen LogP contribution in [-0.4, -0.2) is 30.9 Å². The highest BCUT2D eigenvalue weighted by Gasteiger charge is 2.18. The van der Waals surface area contributed by atoms with Crippen LogP contribution in [0.15, 0.2) is 23.1 Å². The van der Waals surface area contributed by atoms with Crippen LogP contribution in [0.3, 0.4) is 0 Å². The lowest BCUT2D eigenvalue weighted by Gasteiger charge is -2.17. The Labute approximate surface area is 132 Å². The SMILES string of the molecule is CCCNC(CCSc1ccc(C)cc1C)C(=O)OCC. The monoisotopic (exact) mass is 309 g/mol. The van der Waals surface area contributed by atoms with Gasteiger partial charge in [0.2, 0.25) is 0 Å². The van der Waals surface area contributed by atoms with Crippen LogP contribution in [0, 0.1) is 13.8 Å². The van der Waals surface area contributed by atoms with Gasteiger partial charge in [0.05, 0.1) is 6.61 Å². The van der Waals surface area contributed by atoms with E-state index < -0.39 is 0 Å². The minimum atomic E-state index is -0.192. The van der Waals surface area contributed by atoms with E-state index in [2.05, 4.69) is 44.3 Å². The summed E-state index contributed by atoms with van der Waals surface area (Å²) in [7, 11) is 0. The Morgan fingerprint density at radius 3 is 2.71 bits per heavy atom. The topological polar surface area (TPSA) is 38.3 Å². The Bertz CT molecular complexity index is 448. The van der Waals surface area contributed by atoms with Crippen molar-refractivity contribution in [1.82, 2.24) is 5.32 Å². The zero-order valence-electron chi connectivity index (χ0n) is 13.6. The Hall–Kier alpha value is -1.00. The summed E-state index contributed by atoms with van der Waals surface area (Å²) >= 11 is 1.81. The van der Waals surface area contributed by atoms with Crippen molar-refractivity contribution < 1.29 is 9.53 Å². The van der Waals surface area contributed by atoms with Crippen molar-refractivity contribution >= 4 is 17.7 Å². The summed E-state index contributed by atoms with van der Waals surface area (Å²) < 4.78 is 5.13. The molecule has 0 heterocycles. The molecular weight excluding hydrogens is 282 g/mol. The quantitative estimate of drug-likeness (QED) is 0.557. The molecule has 0 aliphatic carbocycles. The van der Waals surface area contributed by atoms with E-state index in [1.54, 1.807) is 11.8 Å². The van der Waals surface area contributed by atoms with E-state index in [1.165, 1.54) is 16.0 Å². The fourth-order valence-electron chi connectivity index (χ4n) is 2.11. The minimum absolute atomic E-state index is 0.132. The van der Waals surface area contributed by atoms with E-state index in [0.29, 0.717) is 6.61 Å². The highest BCUT2D eigenvalue weighted by atomic mass is 32.2. The van der Waals surface area contributed by atoms with Gasteiger partial charge in [0.1, 0.15) is 6.04 Å². The maximum absolute atomic E-state index is 11.9. The second-order valence-corrected chi connectivity index (χ2v) is 6.30. The van der Waals surface area contributed by atoms with E-state index in [4.69, 9.17) is 4.74 Å². The number of hydrogen-bond donors (Lipinski definition) is 1. The maximum atomic E-state index is 11.9. The standard InChI is InChI=1S/C17H27NO2S/c1-5-10-18-15(17(19)20-6-2)9-11-21-16-8-7-13(3)12-14(16)4/h7-8,12,15,18H,5-6,9-11H2,1-4H3. The third-order valence-corrected chi connectivity index (χ3v) is 4.42. The molecule has 0 saturated carbocycles. The molecule has 0 aromatic heterocycles. The lowest BCUT2D eigenvalue weighted by molar-refractivity contribution is -0.145. The van der Waals surface area contributed by atoms with Gasteiger partial charge in [0, 0.05) is 10.6 Å². The Balaban J connectivity index is 2.50. The van der Waals surface area contributed by atoms with Crippen molar-refractivity contribution in [2.24, 2.45) is 0 Å². The van der Waals surface area contributed by atoms with Gasteiger partial charge < -0.3 is 10.1 Å². The number of esters is 1. The molecule has 1 aromatic carbocycles. The summed E-state index contributed by atoms with van der Waals surface area (Å²) in [6.07, 6.45) is 1.80. The first-order valence-corrected chi connectivity index (χ1v) is 8.67. The van der Waals surface area contributed by atoms with Crippen molar-refractivity contribution in [1.29, 1.82) is 0 Å². The normalized spacial score (nSPS) is 12.2. The molecule has 1 unspecified atom stereocenters. The van der Waals surface area contributed by atoms with Gasteiger partial charge in [-0.05, 0) is 51.8 Å². The number of rotatable bonds is 9. The van der Waals surface area contributed by atoms with E-state index in [0.717, 1.165) is 25.1 Å². The number of hydrogen-bond acceptors (Lipinski definition) is 4. The van der Waals surface area contributed by atoms with Crippen LogP contribution in [0.25, 0.3) is 0 Å². The molecule has 1 atom stereocenters. The van der Waals surface area contributed by atoms with Crippen LogP contribution in [0.1, 0.15) is 37.8 Å². The lowest BCUT2D eigenvalue weighted by Crippen LogP contribution is -2.39. The number of ether oxygens (including phenoxy) is 1. The maximum Gasteiger partial charge on any atom is 0.323 e. The number of thioether (sulfide) groups is 1. The van der Waals surface area contributed by atoms with Crippen LogP contribution < -0.4 is 5.32 Å². The summed E-state index contributed by atoms with van der Waals surface area (Å²) in [5.74, 6) is 0.775. The number of benzene rings is 1. The van der Waals surface area contributed by atoms with Crippen molar-refractivity contribution in [2.45, 2.75) is 51.5 Å². The summed E-state index contributed by atoms with van der Waals surface area (Å²) in [5, 5.41) is 3.28. The molecule has 118 valence electrons. The van der Waals surface area contributed by atoms with Gasteiger partial charge >= 0.3 is 5.97 Å². The fraction of sp³-hybridized carbons (Fsp3) is 0.588. The van der Waals surface area contributed by atoms with Crippen LogP contribution in [0.4, 0.5) is 0 Å². The summed E-state index contributed by atoms with van der Waals surface area (Å²) in [4.78, 5) is 13.2. The number of nitrogens with one attached hydrogen (secondary N) is 1. The van der Waals surface area contributed by atoms with Gasteiger partial charge in [-0.2, -0.15) is 0 Å². The van der Waals surface area contributed by atoms with Gasteiger partial charge in [-0.3, -0.25) is 4.79 Å². The molecule has 0 fully saturated rings. The molecule has 1 rings (SSSR count). The molecule has 0 amide bonds. The van der Waals surface area contributed by atoms with E-state index in [1.807, 2.05) is 6.92 Å². The smallest absolute Gasteiger partial charge is 0.323 e.